The number of imide groups is 4. The molecule has 2 aromatic carbocycles. The summed E-state index contributed by atoms with van der Waals surface area (Å²) < 4.78 is 13.1. The maximum atomic E-state index is 13.1. The van der Waals surface area contributed by atoms with Crippen molar-refractivity contribution in [3.63, 3.8) is 0 Å². The van der Waals surface area contributed by atoms with Crippen LogP contribution in [-0.4, -0.2) is 28.7 Å². The fraction of sp³-hybridized carbons (Fsp3) is 0.158. The second-order valence-corrected chi connectivity index (χ2v) is 5.84. The molecule has 1 aliphatic rings. The largest absolute Gasteiger partial charge is 0.338 e. The molecule has 0 radical (unpaired) electrons. The van der Waals surface area contributed by atoms with E-state index in [1.165, 1.54) is 12.1 Å². The monoisotopic (exact) mass is 354 g/mol. The van der Waals surface area contributed by atoms with E-state index in [1.54, 1.807) is 37.3 Å². The van der Waals surface area contributed by atoms with E-state index in [9.17, 15) is 23.6 Å². The first-order chi connectivity index (χ1) is 12.4. The van der Waals surface area contributed by atoms with E-state index in [0.29, 0.717) is 10.5 Å². The minimum Gasteiger partial charge on any atom is -0.276 e. The van der Waals surface area contributed by atoms with Gasteiger partial charge in [-0.1, -0.05) is 37.3 Å². The average molecular weight is 354 g/mol. The highest BCUT2D eigenvalue weighted by atomic mass is 19.1. The number of nitrogens with zero attached hydrogens (tertiary/aromatic N) is 1. The van der Waals surface area contributed by atoms with Crippen molar-refractivity contribution in [2.45, 2.75) is 18.8 Å². The molecule has 1 atom stereocenters. The van der Waals surface area contributed by atoms with Crippen LogP contribution in [0.25, 0.3) is 0 Å². The van der Waals surface area contributed by atoms with Crippen LogP contribution in [0.2, 0.25) is 0 Å². The highest BCUT2D eigenvalue weighted by Crippen LogP contribution is 2.34. The number of hydrogen-bond acceptors (Lipinski definition) is 4. The summed E-state index contributed by atoms with van der Waals surface area (Å²) in [6, 6.07) is 11.6. The number of urea groups is 1. The summed E-state index contributed by atoms with van der Waals surface area (Å²) in [6.07, 6.45) is 0.0577. The first-order valence-corrected chi connectivity index (χ1v) is 7.97. The molecular weight excluding hydrogens is 339 g/mol. The summed E-state index contributed by atoms with van der Waals surface area (Å²) in [6.45, 7) is 1.63. The molecular formula is C19H15FN2O4. The maximum absolute atomic E-state index is 13.1. The molecule has 1 aliphatic heterocycles. The SMILES string of the molecule is CC[C@@]1(c2ccccc2)C(=O)NC(=O)N(C(=O)c2ccc(F)cc2)C1=O. The fourth-order valence-electron chi connectivity index (χ4n) is 3.04. The first kappa shape index (κ1) is 17.5. The third-order valence-electron chi connectivity index (χ3n) is 4.47. The van der Waals surface area contributed by atoms with Gasteiger partial charge in [0.1, 0.15) is 5.82 Å². The predicted octanol–water partition coefficient (Wildman–Crippen LogP) is 2.39. The molecule has 1 fully saturated rings. The molecule has 1 N–H and O–H groups in total. The molecule has 0 aromatic heterocycles. The van der Waals surface area contributed by atoms with Gasteiger partial charge < -0.3 is 0 Å². The van der Waals surface area contributed by atoms with Crippen LogP contribution in [0.1, 0.15) is 29.3 Å². The normalized spacial score (nSPS) is 20.1. The second-order valence-electron chi connectivity index (χ2n) is 5.84. The zero-order valence-corrected chi connectivity index (χ0v) is 13.9. The lowest BCUT2D eigenvalue weighted by molar-refractivity contribution is -0.143. The van der Waals surface area contributed by atoms with Crippen LogP contribution in [0.3, 0.4) is 0 Å². The van der Waals surface area contributed by atoms with E-state index in [4.69, 9.17) is 0 Å². The fourth-order valence-corrected chi connectivity index (χ4v) is 3.04. The average Bonchev–Trinajstić information content (AvgIpc) is 2.63. The Hall–Kier alpha value is -3.35. The topological polar surface area (TPSA) is 83.6 Å². The molecule has 0 bridgehead atoms. The molecule has 5 amide bonds. The van der Waals surface area contributed by atoms with Gasteiger partial charge in [0.05, 0.1) is 0 Å². The van der Waals surface area contributed by atoms with Crippen molar-refractivity contribution < 1.29 is 23.6 Å². The van der Waals surface area contributed by atoms with Gasteiger partial charge >= 0.3 is 6.03 Å². The van der Waals surface area contributed by atoms with Crippen LogP contribution in [-0.2, 0) is 15.0 Å². The summed E-state index contributed by atoms with van der Waals surface area (Å²) >= 11 is 0. The standard InChI is InChI=1S/C19H15FN2O4/c1-2-19(13-6-4-3-5-7-13)16(24)21-18(26)22(17(19)25)15(23)12-8-10-14(20)11-9-12/h3-11H,2H2,1H3,(H,21,24,26)/t19-/m1/s1. The quantitative estimate of drug-likeness (QED) is 0.678. The van der Waals surface area contributed by atoms with Gasteiger partial charge in [-0.2, -0.15) is 4.90 Å². The highest BCUT2D eigenvalue weighted by molar-refractivity contribution is 6.30. The predicted molar refractivity (Wildman–Crippen MR) is 89.5 cm³/mol. The Bertz CT molecular complexity index is 896. The molecule has 0 aliphatic carbocycles. The number of hydrogen-bond donors (Lipinski definition) is 1. The smallest absolute Gasteiger partial charge is 0.276 e. The Kier molecular flexibility index (Phi) is 4.38. The van der Waals surface area contributed by atoms with Crippen LogP contribution < -0.4 is 5.32 Å². The van der Waals surface area contributed by atoms with Gasteiger partial charge in [0.2, 0.25) is 5.91 Å². The number of amides is 5. The summed E-state index contributed by atoms with van der Waals surface area (Å²) in [5.74, 6) is -3.18. The number of nitrogens with one attached hydrogen (secondary N) is 1. The van der Waals surface area contributed by atoms with Gasteiger partial charge in [0.15, 0.2) is 5.41 Å². The van der Waals surface area contributed by atoms with Crippen molar-refractivity contribution in [3.8, 4) is 0 Å². The number of barbiturate groups is 1. The maximum Gasteiger partial charge on any atom is 0.338 e. The van der Waals surface area contributed by atoms with Gasteiger partial charge in [-0.05, 0) is 36.2 Å². The second kappa shape index (κ2) is 6.51. The van der Waals surface area contributed by atoms with Gasteiger partial charge in [0.25, 0.3) is 11.8 Å². The van der Waals surface area contributed by atoms with Crippen LogP contribution in [0, 0.1) is 5.82 Å². The number of rotatable bonds is 3. The van der Waals surface area contributed by atoms with E-state index in [-0.39, 0.29) is 12.0 Å². The van der Waals surface area contributed by atoms with Crippen LogP contribution >= 0.6 is 0 Å². The first-order valence-electron chi connectivity index (χ1n) is 7.97. The Morgan fingerprint density at radius 3 is 2.23 bits per heavy atom. The van der Waals surface area contributed by atoms with Crippen molar-refractivity contribution in [1.82, 2.24) is 10.2 Å². The van der Waals surface area contributed by atoms with Gasteiger partial charge in [0, 0.05) is 5.56 Å². The molecule has 26 heavy (non-hydrogen) atoms. The molecule has 7 heteroatoms. The molecule has 3 rings (SSSR count). The lowest BCUT2D eigenvalue weighted by Crippen LogP contribution is -2.67. The van der Waals surface area contributed by atoms with Crippen LogP contribution in [0.15, 0.2) is 54.6 Å². The molecule has 1 heterocycles. The van der Waals surface area contributed by atoms with E-state index < -0.39 is 35.0 Å². The summed E-state index contributed by atoms with van der Waals surface area (Å²) in [4.78, 5) is 51.0. The third-order valence-corrected chi connectivity index (χ3v) is 4.47. The van der Waals surface area contributed by atoms with Gasteiger partial charge in [-0.25, -0.2) is 9.18 Å². The lowest BCUT2D eigenvalue weighted by Gasteiger charge is -2.38. The van der Waals surface area contributed by atoms with Crippen molar-refractivity contribution in [1.29, 1.82) is 0 Å². The lowest BCUT2D eigenvalue weighted by atomic mass is 9.74. The Balaban J connectivity index is 2.08. The molecule has 0 spiro atoms. The van der Waals surface area contributed by atoms with E-state index >= 15 is 0 Å². The summed E-state index contributed by atoms with van der Waals surface area (Å²) in [7, 11) is 0. The van der Waals surface area contributed by atoms with E-state index in [0.717, 1.165) is 12.1 Å². The minimum atomic E-state index is -1.69. The van der Waals surface area contributed by atoms with Crippen LogP contribution in [0.5, 0.6) is 0 Å². The number of carbonyl (C=O) groups excluding carboxylic acids is 4. The molecule has 1 saturated heterocycles. The highest BCUT2D eigenvalue weighted by Gasteiger charge is 2.55. The number of benzene rings is 2. The minimum absolute atomic E-state index is 0.0395. The molecule has 6 nitrogen and oxygen atoms in total. The molecule has 132 valence electrons. The Labute approximate surface area is 148 Å². The third kappa shape index (κ3) is 2.57. The van der Waals surface area contributed by atoms with E-state index in [1.807, 2.05) is 0 Å². The van der Waals surface area contributed by atoms with E-state index in [2.05, 4.69) is 5.32 Å². The zero-order valence-electron chi connectivity index (χ0n) is 13.9. The Morgan fingerprint density at radius 2 is 1.65 bits per heavy atom. The molecule has 2 aromatic rings. The van der Waals surface area contributed by atoms with Gasteiger partial charge in [-0.3, -0.25) is 19.7 Å². The number of halogens is 1. The summed E-state index contributed by atoms with van der Waals surface area (Å²) in [5, 5.41) is 2.09. The summed E-state index contributed by atoms with van der Waals surface area (Å²) in [5.41, 5.74) is -1.35. The Morgan fingerprint density at radius 1 is 1.04 bits per heavy atom. The zero-order chi connectivity index (χ0) is 18.9. The molecule has 0 saturated carbocycles. The van der Waals surface area contributed by atoms with Gasteiger partial charge in [-0.15, -0.1) is 0 Å². The van der Waals surface area contributed by atoms with Crippen molar-refractivity contribution in [2.24, 2.45) is 0 Å². The van der Waals surface area contributed by atoms with Crippen molar-refractivity contribution >= 4 is 23.8 Å². The van der Waals surface area contributed by atoms with Crippen LogP contribution in [0.4, 0.5) is 9.18 Å². The number of carbonyl (C=O) groups is 4. The van der Waals surface area contributed by atoms with Crippen molar-refractivity contribution in [2.75, 3.05) is 0 Å². The van der Waals surface area contributed by atoms with Crippen molar-refractivity contribution in [3.05, 3.63) is 71.5 Å². The molecule has 0 unspecified atom stereocenters.